The first-order valence-electron chi connectivity index (χ1n) is 8.60. The lowest BCUT2D eigenvalue weighted by molar-refractivity contribution is 0.122. The number of nitrogens with one attached hydrogen (secondary N) is 2. The quantitative estimate of drug-likeness (QED) is 0.651. The normalized spacial score (nSPS) is 19.9. The molecule has 1 saturated heterocycles. The first-order valence-corrected chi connectivity index (χ1v) is 8.60. The zero-order chi connectivity index (χ0) is 15.9. The molecule has 0 bridgehead atoms. The van der Waals surface area contributed by atoms with E-state index < -0.39 is 0 Å². The average Bonchev–Trinajstić information content (AvgIpc) is 3.13. The summed E-state index contributed by atoms with van der Waals surface area (Å²) >= 11 is 0. The van der Waals surface area contributed by atoms with Crippen LogP contribution in [-0.2, 0) is 11.3 Å². The second-order valence-electron chi connectivity index (χ2n) is 6.17. The van der Waals surface area contributed by atoms with E-state index in [4.69, 9.17) is 4.74 Å². The van der Waals surface area contributed by atoms with Crippen molar-refractivity contribution >= 4 is 11.8 Å². The van der Waals surface area contributed by atoms with E-state index in [1.807, 2.05) is 13.2 Å². The van der Waals surface area contributed by atoms with Crippen molar-refractivity contribution in [1.29, 1.82) is 0 Å². The van der Waals surface area contributed by atoms with E-state index >= 15 is 0 Å². The number of morpholine rings is 1. The number of pyridine rings is 1. The predicted molar refractivity (Wildman–Crippen MR) is 92.9 cm³/mol. The van der Waals surface area contributed by atoms with Crippen LogP contribution in [-0.4, -0.2) is 50.3 Å². The molecule has 6 nitrogen and oxygen atoms in total. The highest BCUT2D eigenvalue weighted by Crippen LogP contribution is 2.17. The molecule has 2 N–H and O–H groups in total. The number of nitrogens with zero attached hydrogens (tertiary/aromatic N) is 3. The number of hydrogen-bond donors (Lipinski definition) is 2. The van der Waals surface area contributed by atoms with Crippen LogP contribution in [0.3, 0.4) is 0 Å². The van der Waals surface area contributed by atoms with Crippen molar-refractivity contribution in [2.75, 3.05) is 38.3 Å². The van der Waals surface area contributed by atoms with Crippen molar-refractivity contribution in [2.45, 2.75) is 38.3 Å². The summed E-state index contributed by atoms with van der Waals surface area (Å²) in [6.45, 7) is 4.14. The first kappa shape index (κ1) is 16.1. The Morgan fingerprint density at radius 1 is 1.35 bits per heavy atom. The van der Waals surface area contributed by atoms with Gasteiger partial charge in [0, 0.05) is 38.9 Å². The molecular weight excluding hydrogens is 290 g/mol. The Bertz CT molecular complexity index is 521. The lowest BCUT2D eigenvalue weighted by atomic mass is 10.2. The summed E-state index contributed by atoms with van der Waals surface area (Å²) in [5.74, 6) is 1.92. The van der Waals surface area contributed by atoms with Gasteiger partial charge in [-0.1, -0.05) is 12.8 Å². The van der Waals surface area contributed by atoms with Gasteiger partial charge in [-0.2, -0.15) is 0 Å². The highest BCUT2D eigenvalue weighted by atomic mass is 16.5. The van der Waals surface area contributed by atoms with Gasteiger partial charge in [0.05, 0.1) is 13.2 Å². The molecule has 0 aromatic carbocycles. The van der Waals surface area contributed by atoms with Crippen molar-refractivity contribution < 1.29 is 4.74 Å². The number of rotatable bonds is 4. The van der Waals surface area contributed by atoms with Gasteiger partial charge in [-0.3, -0.25) is 4.99 Å². The number of aliphatic imine (C=N–C) groups is 1. The van der Waals surface area contributed by atoms with Crippen LogP contribution in [0.4, 0.5) is 5.82 Å². The van der Waals surface area contributed by atoms with Gasteiger partial charge in [0.25, 0.3) is 0 Å². The summed E-state index contributed by atoms with van der Waals surface area (Å²) in [5.41, 5.74) is 1.22. The van der Waals surface area contributed by atoms with Crippen molar-refractivity contribution in [2.24, 2.45) is 4.99 Å². The predicted octanol–water partition coefficient (Wildman–Crippen LogP) is 1.53. The third-order valence-corrected chi connectivity index (χ3v) is 4.52. The van der Waals surface area contributed by atoms with Crippen LogP contribution in [0.15, 0.2) is 23.3 Å². The fourth-order valence-corrected chi connectivity index (χ4v) is 3.18. The van der Waals surface area contributed by atoms with Crippen LogP contribution < -0.4 is 15.5 Å². The third-order valence-electron chi connectivity index (χ3n) is 4.52. The maximum absolute atomic E-state index is 5.40. The smallest absolute Gasteiger partial charge is 0.191 e. The van der Waals surface area contributed by atoms with Gasteiger partial charge in [0.1, 0.15) is 5.82 Å². The molecule has 0 amide bonds. The molecule has 1 aromatic rings. The zero-order valence-corrected chi connectivity index (χ0v) is 13.9. The second kappa shape index (κ2) is 8.15. The molecule has 0 spiro atoms. The van der Waals surface area contributed by atoms with Crippen LogP contribution in [0.1, 0.15) is 31.2 Å². The maximum atomic E-state index is 5.40. The largest absolute Gasteiger partial charge is 0.378 e. The fourth-order valence-electron chi connectivity index (χ4n) is 3.18. The van der Waals surface area contributed by atoms with E-state index in [9.17, 15) is 0 Å². The number of anilines is 1. The minimum atomic E-state index is 0.572. The number of guanidine groups is 1. The molecule has 2 aliphatic rings. The monoisotopic (exact) mass is 317 g/mol. The third kappa shape index (κ3) is 4.58. The fraction of sp³-hybridized carbons (Fsp3) is 0.647. The average molecular weight is 317 g/mol. The Balaban J connectivity index is 1.54. The zero-order valence-electron chi connectivity index (χ0n) is 13.9. The van der Waals surface area contributed by atoms with Gasteiger partial charge >= 0.3 is 0 Å². The van der Waals surface area contributed by atoms with Crippen molar-refractivity contribution in [3.05, 3.63) is 23.9 Å². The lowest BCUT2D eigenvalue weighted by Crippen LogP contribution is -2.42. The highest BCUT2D eigenvalue weighted by molar-refractivity contribution is 5.80. The molecule has 1 aliphatic carbocycles. The number of hydrogen-bond acceptors (Lipinski definition) is 4. The van der Waals surface area contributed by atoms with Crippen LogP contribution in [0.25, 0.3) is 0 Å². The molecule has 23 heavy (non-hydrogen) atoms. The molecular formula is C17H27N5O. The van der Waals surface area contributed by atoms with Gasteiger partial charge in [-0.25, -0.2) is 4.98 Å². The van der Waals surface area contributed by atoms with Crippen LogP contribution >= 0.6 is 0 Å². The van der Waals surface area contributed by atoms with E-state index in [0.29, 0.717) is 6.04 Å². The van der Waals surface area contributed by atoms with E-state index in [-0.39, 0.29) is 0 Å². The molecule has 0 unspecified atom stereocenters. The lowest BCUT2D eigenvalue weighted by Gasteiger charge is -2.28. The Kier molecular flexibility index (Phi) is 5.69. The van der Waals surface area contributed by atoms with Crippen LogP contribution in [0.2, 0.25) is 0 Å². The Morgan fingerprint density at radius 2 is 2.13 bits per heavy atom. The highest BCUT2D eigenvalue weighted by Gasteiger charge is 2.16. The van der Waals surface area contributed by atoms with Crippen molar-refractivity contribution in [3.8, 4) is 0 Å². The van der Waals surface area contributed by atoms with Gasteiger partial charge < -0.3 is 20.3 Å². The SMILES string of the molecule is CN=C(NCc1ccnc(N2CCOCC2)c1)NC1CCCC1. The summed E-state index contributed by atoms with van der Waals surface area (Å²) in [4.78, 5) is 11.1. The van der Waals surface area contributed by atoms with Crippen LogP contribution in [0.5, 0.6) is 0 Å². The molecule has 0 radical (unpaired) electrons. The van der Waals surface area contributed by atoms with E-state index in [1.54, 1.807) is 0 Å². The summed E-state index contributed by atoms with van der Waals surface area (Å²) in [6.07, 6.45) is 7.02. The standard InChI is InChI=1S/C17H27N5O/c1-18-17(21-15-4-2-3-5-15)20-13-14-6-7-19-16(12-14)22-8-10-23-11-9-22/h6-7,12,15H,2-5,8-11,13H2,1H3,(H2,18,20,21). The number of aromatic nitrogens is 1. The molecule has 1 saturated carbocycles. The second-order valence-corrected chi connectivity index (χ2v) is 6.17. The summed E-state index contributed by atoms with van der Waals surface area (Å²) in [5, 5.41) is 6.92. The molecule has 2 fully saturated rings. The molecule has 6 heteroatoms. The molecule has 2 heterocycles. The van der Waals surface area contributed by atoms with E-state index in [2.05, 4.69) is 37.6 Å². The summed E-state index contributed by atoms with van der Waals surface area (Å²) in [6, 6.07) is 4.78. The van der Waals surface area contributed by atoms with Gasteiger partial charge in [0.2, 0.25) is 0 Å². The first-order chi connectivity index (χ1) is 11.3. The molecule has 0 atom stereocenters. The Labute approximate surface area is 138 Å². The maximum Gasteiger partial charge on any atom is 0.191 e. The molecule has 1 aliphatic heterocycles. The molecule has 1 aromatic heterocycles. The Hall–Kier alpha value is -1.82. The van der Waals surface area contributed by atoms with Crippen molar-refractivity contribution in [1.82, 2.24) is 15.6 Å². The van der Waals surface area contributed by atoms with E-state index in [1.165, 1.54) is 31.2 Å². The van der Waals surface area contributed by atoms with Gasteiger partial charge in [0.15, 0.2) is 5.96 Å². The summed E-state index contributed by atoms with van der Waals surface area (Å²) < 4.78 is 5.40. The van der Waals surface area contributed by atoms with E-state index in [0.717, 1.165) is 44.6 Å². The minimum absolute atomic E-state index is 0.572. The molecule has 3 rings (SSSR count). The summed E-state index contributed by atoms with van der Waals surface area (Å²) in [7, 11) is 1.83. The van der Waals surface area contributed by atoms with Crippen molar-refractivity contribution in [3.63, 3.8) is 0 Å². The van der Waals surface area contributed by atoms with Gasteiger partial charge in [-0.15, -0.1) is 0 Å². The number of ether oxygens (including phenoxy) is 1. The molecule has 126 valence electrons. The minimum Gasteiger partial charge on any atom is -0.378 e. The topological polar surface area (TPSA) is 61.8 Å². The van der Waals surface area contributed by atoms with Gasteiger partial charge in [-0.05, 0) is 30.5 Å². The van der Waals surface area contributed by atoms with Crippen LogP contribution in [0, 0.1) is 0 Å². The Morgan fingerprint density at radius 3 is 2.87 bits per heavy atom.